The minimum absolute atomic E-state index is 0.198. The lowest BCUT2D eigenvalue weighted by Gasteiger charge is -2.31. The van der Waals surface area contributed by atoms with Crippen LogP contribution in [0.3, 0.4) is 0 Å². The maximum atomic E-state index is 12.0. The number of aromatic nitrogens is 2. The molecule has 1 aromatic rings. The maximum absolute atomic E-state index is 12.0. The highest BCUT2D eigenvalue weighted by Gasteiger charge is 2.26. The Labute approximate surface area is 108 Å². The van der Waals surface area contributed by atoms with Gasteiger partial charge in [-0.15, -0.1) is 0 Å². The Morgan fingerprint density at radius 1 is 1.22 bits per heavy atom. The number of hydrogen-bond donors (Lipinski definition) is 1. The van der Waals surface area contributed by atoms with Crippen LogP contribution in [0.25, 0.3) is 0 Å². The molecule has 4 nitrogen and oxygen atoms in total. The van der Waals surface area contributed by atoms with Gasteiger partial charge in [-0.2, -0.15) is 0 Å². The number of unbranched alkanes of at least 4 members (excludes halogenated alkanes) is 1. The van der Waals surface area contributed by atoms with E-state index in [1.54, 1.807) is 17.7 Å². The molecular formula is C14H24N2O2. The zero-order chi connectivity index (χ0) is 13.8. The van der Waals surface area contributed by atoms with Gasteiger partial charge in [0.05, 0.1) is 0 Å². The third-order valence-electron chi connectivity index (χ3n) is 3.56. The second-order valence-corrected chi connectivity index (χ2v) is 5.29. The van der Waals surface area contributed by atoms with E-state index in [0.29, 0.717) is 5.56 Å². The fourth-order valence-electron chi connectivity index (χ4n) is 2.43. The van der Waals surface area contributed by atoms with Gasteiger partial charge in [-0.3, -0.25) is 14.3 Å². The molecule has 0 saturated carbocycles. The smallest absolute Gasteiger partial charge is 0.295 e. The molecule has 0 amide bonds. The Kier molecular flexibility index (Phi) is 4.93. The minimum atomic E-state index is -0.294. The summed E-state index contributed by atoms with van der Waals surface area (Å²) < 4.78 is 1.71. The van der Waals surface area contributed by atoms with Crippen LogP contribution < -0.4 is 11.2 Å². The van der Waals surface area contributed by atoms with Gasteiger partial charge in [0.15, 0.2) is 0 Å². The van der Waals surface area contributed by atoms with Crippen molar-refractivity contribution in [2.75, 3.05) is 0 Å². The third kappa shape index (κ3) is 3.12. The molecule has 18 heavy (non-hydrogen) atoms. The van der Waals surface area contributed by atoms with E-state index in [4.69, 9.17) is 0 Å². The fraction of sp³-hybridized carbons (Fsp3) is 0.714. The predicted octanol–water partition coefficient (Wildman–Crippen LogP) is 2.55. The van der Waals surface area contributed by atoms with Gasteiger partial charge < -0.3 is 0 Å². The van der Waals surface area contributed by atoms with Crippen molar-refractivity contribution in [2.45, 2.75) is 65.3 Å². The van der Waals surface area contributed by atoms with Crippen molar-refractivity contribution >= 4 is 0 Å². The molecule has 1 rings (SSSR count). The molecule has 1 heterocycles. The number of nitrogens with zero attached hydrogens (tertiary/aromatic N) is 1. The predicted molar refractivity (Wildman–Crippen MR) is 74.1 cm³/mol. The Morgan fingerprint density at radius 2 is 1.89 bits per heavy atom. The molecule has 0 aliphatic carbocycles. The van der Waals surface area contributed by atoms with E-state index in [1.165, 1.54) is 0 Å². The lowest BCUT2D eigenvalue weighted by Crippen LogP contribution is -2.42. The van der Waals surface area contributed by atoms with Crippen LogP contribution in [0.15, 0.2) is 15.8 Å². The van der Waals surface area contributed by atoms with Crippen LogP contribution >= 0.6 is 0 Å². The number of H-pyrrole nitrogens is 1. The first kappa shape index (κ1) is 14.7. The summed E-state index contributed by atoms with van der Waals surface area (Å²) in [4.78, 5) is 25.8. The molecule has 0 aromatic carbocycles. The summed E-state index contributed by atoms with van der Waals surface area (Å²) in [7, 11) is 0. The van der Waals surface area contributed by atoms with E-state index in [2.05, 4.69) is 25.8 Å². The number of nitrogens with one attached hydrogen (secondary N) is 1. The second kappa shape index (κ2) is 6.03. The number of rotatable bonds is 6. The van der Waals surface area contributed by atoms with Crippen LogP contribution in [-0.4, -0.2) is 9.55 Å². The van der Waals surface area contributed by atoms with Crippen LogP contribution in [0.2, 0.25) is 0 Å². The second-order valence-electron chi connectivity index (χ2n) is 5.29. The normalized spacial score (nSPS) is 14.4. The Bertz CT molecular complexity index is 501. The van der Waals surface area contributed by atoms with Crippen molar-refractivity contribution in [2.24, 2.45) is 0 Å². The zero-order valence-corrected chi connectivity index (χ0v) is 11.9. The van der Waals surface area contributed by atoms with E-state index >= 15 is 0 Å². The lowest BCUT2D eigenvalue weighted by atomic mass is 9.89. The highest BCUT2D eigenvalue weighted by molar-refractivity contribution is 5.03. The van der Waals surface area contributed by atoms with E-state index in [9.17, 15) is 9.59 Å². The van der Waals surface area contributed by atoms with Gasteiger partial charge in [0.25, 0.3) is 5.56 Å². The van der Waals surface area contributed by atoms with Crippen molar-refractivity contribution in [1.82, 2.24) is 9.55 Å². The first-order chi connectivity index (χ1) is 8.44. The molecular weight excluding hydrogens is 228 g/mol. The van der Waals surface area contributed by atoms with Crippen molar-refractivity contribution in [1.29, 1.82) is 0 Å². The lowest BCUT2D eigenvalue weighted by molar-refractivity contribution is 0.248. The van der Waals surface area contributed by atoms with Gasteiger partial charge in [0.1, 0.15) is 0 Å². The third-order valence-corrected chi connectivity index (χ3v) is 3.56. The van der Waals surface area contributed by atoms with Gasteiger partial charge in [-0.05, 0) is 26.7 Å². The van der Waals surface area contributed by atoms with Crippen LogP contribution in [0.1, 0.15) is 58.4 Å². The summed E-state index contributed by atoms with van der Waals surface area (Å²) >= 11 is 0. The number of hydrogen-bond acceptors (Lipinski definition) is 2. The molecule has 0 radical (unpaired) electrons. The molecule has 0 aliphatic heterocycles. The van der Waals surface area contributed by atoms with Gasteiger partial charge in [-0.1, -0.05) is 33.1 Å². The molecule has 4 heteroatoms. The minimum Gasteiger partial charge on any atom is -0.295 e. The summed E-state index contributed by atoms with van der Waals surface area (Å²) in [6.45, 7) is 8.10. The summed E-state index contributed by atoms with van der Waals surface area (Å²) in [6.07, 6.45) is 6.82. The fourth-order valence-corrected chi connectivity index (χ4v) is 2.43. The number of aromatic amines is 1. The van der Waals surface area contributed by atoms with Crippen molar-refractivity contribution < 1.29 is 0 Å². The van der Waals surface area contributed by atoms with Crippen LogP contribution in [0, 0.1) is 6.92 Å². The molecule has 1 aromatic heterocycles. The molecule has 102 valence electrons. The van der Waals surface area contributed by atoms with Gasteiger partial charge in [0, 0.05) is 17.3 Å². The summed E-state index contributed by atoms with van der Waals surface area (Å²) in [5.74, 6) is 0. The van der Waals surface area contributed by atoms with E-state index in [1.807, 2.05) is 0 Å². The van der Waals surface area contributed by atoms with Crippen molar-refractivity contribution in [3.05, 3.63) is 32.6 Å². The quantitative estimate of drug-likeness (QED) is 0.846. The summed E-state index contributed by atoms with van der Waals surface area (Å²) in [5.41, 5.74) is -0.187. The van der Waals surface area contributed by atoms with Crippen LogP contribution in [0.4, 0.5) is 0 Å². The van der Waals surface area contributed by atoms with E-state index in [-0.39, 0.29) is 16.8 Å². The van der Waals surface area contributed by atoms with E-state index in [0.717, 1.165) is 32.1 Å². The average molecular weight is 252 g/mol. The standard InChI is InChI=1S/C14H24N2O2/c1-5-7-9-14(4,8-6-2)16-10-11(3)12(17)15-13(16)18/h10H,5-9H2,1-4H3,(H,15,17,18). The first-order valence-electron chi connectivity index (χ1n) is 6.77. The van der Waals surface area contributed by atoms with Crippen LogP contribution in [-0.2, 0) is 5.54 Å². The monoisotopic (exact) mass is 252 g/mol. The first-order valence-corrected chi connectivity index (χ1v) is 6.77. The summed E-state index contributed by atoms with van der Waals surface area (Å²) in [5, 5.41) is 0. The average Bonchev–Trinajstić information content (AvgIpc) is 2.31. The molecule has 0 spiro atoms. The molecule has 1 N–H and O–H groups in total. The van der Waals surface area contributed by atoms with Gasteiger partial charge >= 0.3 is 5.69 Å². The largest absolute Gasteiger partial charge is 0.328 e. The molecule has 0 fully saturated rings. The van der Waals surface area contributed by atoms with Crippen molar-refractivity contribution in [3.8, 4) is 0 Å². The van der Waals surface area contributed by atoms with Crippen LogP contribution in [0.5, 0.6) is 0 Å². The Morgan fingerprint density at radius 3 is 2.44 bits per heavy atom. The number of aryl methyl sites for hydroxylation is 1. The SMILES string of the molecule is CCCCC(C)(CCC)n1cc(C)c(=O)[nH]c1=O. The van der Waals surface area contributed by atoms with E-state index < -0.39 is 0 Å². The topological polar surface area (TPSA) is 54.9 Å². The zero-order valence-electron chi connectivity index (χ0n) is 11.9. The maximum Gasteiger partial charge on any atom is 0.328 e. The Balaban J connectivity index is 3.24. The molecule has 0 bridgehead atoms. The van der Waals surface area contributed by atoms with Gasteiger partial charge in [-0.25, -0.2) is 4.79 Å². The van der Waals surface area contributed by atoms with Crippen molar-refractivity contribution in [3.63, 3.8) is 0 Å². The highest BCUT2D eigenvalue weighted by Crippen LogP contribution is 2.27. The molecule has 1 unspecified atom stereocenters. The Hall–Kier alpha value is -1.32. The molecule has 0 saturated heterocycles. The molecule has 1 atom stereocenters. The van der Waals surface area contributed by atoms with Gasteiger partial charge in [0.2, 0.25) is 0 Å². The highest BCUT2D eigenvalue weighted by atomic mass is 16.2. The molecule has 0 aliphatic rings. The summed E-state index contributed by atoms with van der Waals surface area (Å²) in [6, 6.07) is 0.